The number of anilines is 1. The fourth-order valence-electron chi connectivity index (χ4n) is 3.16. The Morgan fingerprint density at radius 3 is 2.90 bits per heavy atom. The highest BCUT2D eigenvalue weighted by atomic mass is 19.1. The van der Waals surface area contributed by atoms with Crippen molar-refractivity contribution in [2.24, 2.45) is 16.8 Å². The van der Waals surface area contributed by atoms with E-state index in [1.54, 1.807) is 36.3 Å². The van der Waals surface area contributed by atoms with Crippen molar-refractivity contribution in [1.82, 2.24) is 20.2 Å². The SMILES string of the molecule is CN1CC(F)CNC1C(C(=O)Nc1cnccc1Oc1cccnc1)C(N)N=O. The Balaban J connectivity index is 1.80. The van der Waals surface area contributed by atoms with Crippen LogP contribution < -0.4 is 21.1 Å². The number of nitroso groups, excluding NO2 is 1. The molecule has 0 radical (unpaired) electrons. The predicted molar refractivity (Wildman–Crippen MR) is 104 cm³/mol. The maximum Gasteiger partial charge on any atom is 0.234 e. The lowest BCUT2D eigenvalue weighted by molar-refractivity contribution is -0.124. The van der Waals surface area contributed by atoms with Gasteiger partial charge in [0.1, 0.15) is 23.5 Å². The lowest BCUT2D eigenvalue weighted by Crippen LogP contribution is -2.62. The normalized spacial score (nSPS) is 21.8. The first-order valence-electron chi connectivity index (χ1n) is 8.98. The number of carbonyl (C=O) groups excluding carboxylic acids is 1. The van der Waals surface area contributed by atoms with E-state index in [2.05, 4.69) is 25.8 Å². The monoisotopic (exact) mass is 403 g/mol. The second kappa shape index (κ2) is 9.45. The third-order valence-corrected chi connectivity index (χ3v) is 4.54. The summed E-state index contributed by atoms with van der Waals surface area (Å²) in [6.07, 6.45) is 2.98. The summed E-state index contributed by atoms with van der Waals surface area (Å²) in [5.41, 5.74) is 6.09. The van der Waals surface area contributed by atoms with Gasteiger partial charge in [0, 0.05) is 31.5 Å². The van der Waals surface area contributed by atoms with E-state index in [0.29, 0.717) is 11.5 Å². The van der Waals surface area contributed by atoms with Gasteiger partial charge < -0.3 is 15.8 Å². The second-order valence-corrected chi connectivity index (χ2v) is 6.66. The average Bonchev–Trinajstić information content (AvgIpc) is 2.72. The zero-order valence-corrected chi connectivity index (χ0v) is 15.7. The molecule has 4 atom stereocenters. The summed E-state index contributed by atoms with van der Waals surface area (Å²) in [4.78, 5) is 33.7. The summed E-state index contributed by atoms with van der Waals surface area (Å²) in [6.45, 7) is 0.155. The molecule has 0 spiro atoms. The number of nitrogens with one attached hydrogen (secondary N) is 2. The standard InChI is InChI=1S/C18H22FN7O3/c1-26-10-11(19)7-23-17(26)15(16(20)25-28)18(27)24-13-9-22-6-4-14(13)29-12-3-2-5-21-8-12/h2-6,8-9,11,15-17,23H,7,10,20H2,1H3,(H,24,27). The van der Waals surface area contributed by atoms with Crippen molar-refractivity contribution in [1.29, 1.82) is 0 Å². The molecule has 1 fully saturated rings. The van der Waals surface area contributed by atoms with Crippen LogP contribution in [0.4, 0.5) is 10.1 Å². The molecule has 4 N–H and O–H groups in total. The predicted octanol–water partition coefficient (Wildman–Crippen LogP) is 1.07. The van der Waals surface area contributed by atoms with E-state index in [9.17, 15) is 14.1 Å². The number of halogens is 1. The first-order chi connectivity index (χ1) is 14.0. The van der Waals surface area contributed by atoms with Crippen LogP contribution in [0.1, 0.15) is 0 Å². The van der Waals surface area contributed by atoms with Gasteiger partial charge in [0.25, 0.3) is 0 Å². The Bertz CT molecular complexity index is 841. The van der Waals surface area contributed by atoms with Gasteiger partial charge in [-0.1, -0.05) is 5.18 Å². The maximum absolute atomic E-state index is 13.6. The molecule has 0 saturated carbocycles. The molecule has 1 saturated heterocycles. The Kier molecular flexibility index (Phi) is 6.75. The smallest absolute Gasteiger partial charge is 0.234 e. The van der Waals surface area contributed by atoms with E-state index >= 15 is 0 Å². The minimum Gasteiger partial charge on any atom is -0.453 e. The molecular formula is C18H22FN7O3. The van der Waals surface area contributed by atoms with Gasteiger partial charge in [-0.3, -0.25) is 25.0 Å². The van der Waals surface area contributed by atoms with Crippen molar-refractivity contribution in [2.45, 2.75) is 18.5 Å². The highest BCUT2D eigenvalue weighted by Crippen LogP contribution is 2.29. The number of alkyl halides is 1. The second-order valence-electron chi connectivity index (χ2n) is 6.66. The number of amides is 1. The molecule has 2 aromatic rings. The lowest BCUT2D eigenvalue weighted by atomic mass is 9.98. The molecule has 1 aliphatic heterocycles. The van der Waals surface area contributed by atoms with Crippen LogP contribution in [0.15, 0.2) is 48.2 Å². The molecular weight excluding hydrogens is 381 g/mol. The van der Waals surface area contributed by atoms with Crippen molar-refractivity contribution in [3.8, 4) is 11.5 Å². The number of hydrogen-bond donors (Lipinski definition) is 3. The maximum atomic E-state index is 13.6. The molecule has 154 valence electrons. The highest BCUT2D eigenvalue weighted by molar-refractivity contribution is 5.94. The van der Waals surface area contributed by atoms with Gasteiger partial charge in [-0.15, -0.1) is 4.91 Å². The largest absolute Gasteiger partial charge is 0.453 e. The van der Waals surface area contributed by atoms with Crippen LogP contribution in [-0.2, 0) is 4.79 Å². The fraction of sp³-hybridized carbons (Fsp3) is 0.389. The van der Waals surface area contributed by atoms with Crippen LogP contribution in [0.5, 0.6) is 11.5 Å². The summed E-state index contributed by atoms with van der Waals surface area (Å²) in [5.74, 6) is -0.819. The van der Waals surface area contributed by atoms with E-state index in [1.807, 2.05) is 0 Å². The quantitative estimate of drug-likeness (QED) is 0.585. The van der Waals surface area contributed by atoms with Crippen LogP contribution in [0, 0.1) is 10.8 Å². The highest BCUT2D eigenvalue weighted by Gasteiger charge is 2.40. The molecule has 2 aromatic heterocycles. The minimum atomic E-state index is -1.33. The summed E-state index contributed by atoms with van der Waals surface area (Å²) in [7, 11) is 1.64. The van der Waals surface area contributed by atoms with Gasteiger partial charge >= 0.3 is 0 Å². The average molecular weight is 403 g/mol. The number of pyridine rings is 2. The van der Waals surface area contributed by atoms with E-state index in [1.165, 1.54) is 18.6 Å². The van der Waals surface area contributed by atoms with Crippen molar-refractivity contribution >= 4 is 11.6 Å². The van der Waals surface area contributed by atoms with E-state index in [-0.39, 0.29) is 18.8 Å². The van der Waals surface area contributed by atoms with Crippen LogP contribution in [0.3, 0.4) is 0 Å². The van der Waals surface area contributed by atoms with Crippen molar-refractivity contribution in [2.75, 3.05) is 25.5 Å². The number of aromatic nitrogens is 2. The van der Waals surface area contributed by atoms with E-state index in [4.69, 9.17) is 10.5 Å². The molecule has 10 nitrogen and oxygen atoms in total. The molecule has 1 aliphatic rings. The number of nitrogens with zero attached hydrogens (tertiary/aromatic N) is 4. The molecule has 1 amide bonds. The van der Waals surface area contributed by atoms with Gasteiger partial charge in [-0.05, 0) is 19.2 Å². The van der Waals surface area contributed by atoms with Crippen molar-refractivity contribution in [3.05, 3.63) is 47.9 Å². The zero-order valence-electron chi connectivity index (χ0n) is 15.7. The molecule has 4 unspecified atom stereocenters. The molecule has 3 heterocycles. The molecule has 29 heavy (non-hydrogen) atoms. The molecule has 11 heteroatoms. The van der Waals surface area contributed by atoms with Gasteiger partial charge in [0.2, 0.25) is 5.91 Å². The fourth-order valence-corrected chi connectivity index (χ4v) is 3.16. The summed E-state index contributed by atoms with van der Waals surface area (Å²) in [6, 6.07) is 5.00. The molecule has 3 rings (SSSR count). The van der Waals surface area contributed by atoms with Crippen LogP contribution in [-0.4, -0.2) is 59.4 Å². The Morgan fingerprint density at radius 2 is 2.21 bits per heavy atom. The Hall–Kier alpha value is -3.02. The van der Waals surface area contributed by atoms with E-state index in [0.717, 1.165) is 0 Å². The Morgan fingerprint density at radius 1 is 1.41 bits per heavy atom. The Labute approximate surface area is 166 Å². The van der Waals surface area contributed by atoms with Crippen molar-refractivity contribution in [3.63, 3.8) is 0 Å². The topological polar surface area (TPSA) is 135 Å². The van der Waals surface area contributed by atoms with Crippen LogP contribution in [0.2, 0.25) is 0 Å². The van der Waals surface area contributed by atoms with Gasteiger partial charge in [-0.25, -0.2) is 4.39 Å². The van der Waals surface area contributed by atoms with Crippen molar-refractivity contribution < 1.29 is 13.9 Å². The summed E-state index contributed by atoms with van der Waals surface area (Å²) in [5, 5.41) is 8.42. The first kappa shape index (κ1) is 20.7. The number of carbonyl (C=O) groups is 1. The number of nitrogens with two attached hydrogens (primary N) is 1. The first-order valence-corrected chi connectivity index (χ1v) is 8.98. The molecule has 0 bridgehead atoms. The molecule has 0 aromatic carbocycles. The van der Waals surface area contributed by atoms with Crippen LogP contribution in [0.25, 0.3) is 0 Å². The van der Waals surface area contributed by atoms with Gasteiger partial charge in [0.15, 0.2) is 11.9 Å². The lowest BCUT2D eigenvalue weighted by Gasteiger charge is -2.39. The van der Waals surface area contributed by atoms with Gasteiger partial charge in [-0.2, -0.15) is 0 Å². The number of ether oxygens (including phenoxy) is 1. The third-order valence-electron chi connectivity index (χ3n) is 4.54. The molecule has 0 aliphatic carbocycles. The van der Waals surface area contributed by atoms with E-state index < -0.39 is 30.3 Å². The third kappa shape index (κ3) is 5.08. The summed E-state index contributed by atoms with van der Waals surface area (Å²) >= 11 is 0. The minimum absolute atomic E-state index is 0.0482. The number of rotatable bonds is 7. The zero-order chi connectivity index (χ0) is 20.8. The summed E-state index contributed by atoms with van der Waals surface area (Å²) < 4.78 is 19.4. The number of hydrogen-bond acceptors (Lipinski definition) is 9. The van der Waals surface area contributed by atoms with Crippen LogP contribution >= 0.6 is 0 Å². The van der Waals surface area contributed by atoms with Gasteiger partial charge in [0.05, 0.1) is 18.6 Å².